The number of ether oxygens (including phenoxy) is 4. The van der Waals surface area contributed by atoms with Crippen LogP contribution in [0.2, 0.25) is 0 Å². The van der Waals surface area contributed by atoms with Crippen LogP contribution in [0.1, 0.15) is 373 Å². The Morgan fingerprint density at radius 3 is 1.02 bits per heavy atom. The van der Waals surface area contributed by atoms with Gasteiger partial charge in [-0.15, -0.1) is 0 Å². The zero-order valence-corrected chi connectivity index (χ0v) is 58.4. The largest absolute Gasteiger partial charge is 0.394 e. The zero-order valence-electron chi connectivity index (χ0n) is 58.4. The quantitative estimate of drug-likeness (QED) is 0.0204. The molecule has 1 amide bonds. The summed E-state index contributed by atoms with van der Waals surface area (Å²) in [7, 11) is 0. The molecule has 14 nitrogen and oxygen atoms in total. The van der Waals surface area contributed by atoms with Crippen molar-refractivity contribution in [3.05, 3.63) is 12.2 Å². The molecule has 0 aromatic rings. The highest BCUT2D eigenvalue weighted by atomic mass is 16.7. The van der Waals surface area contributed by atoms with Gasteiger partial charge in [-0.2, -0.15) is 0 Å². The van der Waals surface area contributed by atoms with Crippen molar-refractivity contribution in [3.63, 3.8) is 0 Å². The molecule has 534 valence electrons. The highest BCUT2D eigenvalue weighted by Crippen LogP contribution is 2.30. The predicted octanol–water partition coefficient (Wildman–Crippen LogP) is 16.9. The van der Waals surface area contributed by atoms with Crippen molar-refractivity contribution in [1.29, 1.82) is 0 Å². The van der Waals surface area contributed by atoms with Crippen molar-refractivity contribution < 1.29 is 64.6 Å². The first-order chi connectivity index (χ1) is 44.1. The van der Waals surface area contributed by atoms with E-state index in [-0.39, 0.29) is 18.9 Å². The van der Waals surface area contributed by atoms with Crippen molar-refractivity contribution in [2.75, 3.05) is 19.8 Å². The summed E-state index contributed by atoms with van der Waals surface area (Å²) in [6.07, 6.45) is 60.0. The molecule has 2 rings (SSSR count). The van der Waals surface area contributed by atoms with E-state index in [0.29, 0.717) is 0 Å². The Bertz CT molecular complexity index is 1560. The van der Waals surface area contributed by atoms with Gasteiger partial charge < -0.3 is 65.1 Å². The summed E-state index contributed by atoms with van der Waals surface area (Å²) in [6.45, 7) is 2.88. The van der Waals surface area contributed by atoms with Gasteiger partial charge in [0.2, 0.25) is 5.91 Å². The van der Waals surface area contributed by atoms with Crippen LogP contribution in [-0.2, 0) is 23.7 Å². The van der Waals surface area contributed by atoms with Crippen LogP contribution in [0.3, 0.4) is 0 Å². The van der Waals surface area contributed by atoms with Crippen LogP contribution in [-0.4, -0.2) is 140 Å². The molecule has 2 aliphatic heterocycles. The van der Waals surface area contributed by atoms with Crippen molar-refractivity contribution in [2.45, 2.75) is 447 Å². The maximum absolute atomic E-state index is 13.4. The Morgan fingerprint density at radius 1 is 0.389 bits per heavy atom. The van der Waals surface area contributed by atoms with Crippen molar-refractivity contribution in [1.82, 2.24) is 5.32 Å². The number of unbranched alkanes of at least 4 members (excludes halogenated alkanes) is 53. The normalized spacial score (nSPS) is 22.9. The number of hydrogen-bond acceptors (Lipinski definition) is 13. The summed E-state index contributed by atoms with van der Waals surface area (Å²) in [6, 6.07) is -0.912. The van der Waals surface area contributed by atoms with E-state index in [1.807, 2.05) is 6.08 Å². The average molecular weight is 1280 g/mol. The van der Waals surface area contributed by atoms with Crippen LogP contribution in [0.15, 0.2) is 12.2 Å². The van der Waals surface area contributed by atoms with Crippen molar-refractivity contribution in [3.8, 4) is 0 Å². The van der Waals surface area contributed by atoms with Gasteiger partial charge in [-0.1, -0.05) is 360 Å². The van der Waals surface area contributed by atoms with E-state index in [1.165, 1.54) is 308 Å². The molecule has 0 saturated carbocycles. The monoisotopic (exact) mass is 1280 g/mol. The number of carbonyl (C=O) groups excluding carboxylic acids is 1. The Labute approximate surface area is 552 Å². The second kappa shape index (κ2) is 61.3. The Kier molecular flexibility index (Phi) is 57.8. The van der Waals surface area contributed by atoms with E-state index < -0.39 is 86.8 Å². The topological polar surface area (TPSA) is 228 Å². The van der Waals surface area contributed by atoms with E-state index in [0.717, 1.165) is 44.9 Å². The minimum Gasteiger partial charge on any atom is -0.394 e. The molecule has 90 heavy (non-hydrogen) atoms. The number of carbonyl (C=O) groups is 1. The Hall–Kier alpha value is -1.27. The van der Waals surface area contributed by atoms with E-state index in [9.17, 15) is 45.6 Å². The van der Waals surface area contributed by atoms with Crippen LogP contribution in [0.5, 0.6) is 0 Å². The lowest BCUT2D eigenvalue weighted by Gasteiger charge is -2.46. The van der Waals surface area contributed by atoms with Gasteiger partial charge in [0.05, 0.1) is 32.0 Å². The molecule has 14 heteroatoms. The fourth-order valence-electron chi connectivity index (χ4n) is 13.3. The van der Waals surface area contributed by atoms with Crippen LogP contribution in [0.25, 0.3) is 0 Å². The lowest BCUT2D eigenvalue weighted by Crippen LogP contribution is -2.65. The summed E-state index contributed by atoms with van der Waals surface area (Å²) in [4.78, 5) is 13.4. The fraction of sp³-hybridized carbons (Fsp3) is 0.961. The third-order valence-electron chi connectivity index (χ3n) is 19.5. The number of amides is 1. The molecule has 0 aromatic carbocycles. The molecular weight excluding hydrogens is 1130 g/mol. The number of rotatable bonds is 66. The minimum absolute atomic E-state index is 0.229. The molecule has 2 heterocycles. The van der Waals surface area contributed by atoms with Gasteiger partial charge >= 0.3 is 0 Å². The molecule has 0 spiro atoms. The first kappa shape index (κ1) is 84.8. The maximum atomic E-state index is 13.4. The molecule has 2 aliphatic rings. The molecule has 0 bridgehead atoms. The SMILES string of the molecule is CCCCCCCCCCCCCCCCCCCCCCCCCCCCCCC/C=C/C(O)C(COC1OC(CO)C(OC2OC(CO)C(O)C(O)C2O)C(O)C1O)NC(=O)CCCCCCCCCCCCCCCCCCCCCCCCCCC. The highest BCUT2D eigenvalue weighted by Gasteiger charge is 2.51. The second-order valence-electron chi connectivity index (χ2n) is 27.9. The Morgan fingerprint density at radius 2 is 0.689 bits per heavy atom. The van der Waals surface area contributed by atoms with Crippen LogP contribution in [0, 0.1) is 0 Å². The summed E-state index contributed by atoms with van der Waals surface area (Å²) < 4.78 is 22.9. The van der Waals surface area contributed by atoms with Gasteiger partial charge in [0, 0.05) is 6.42 Å². The Balaban J connectivity index is 1.63. The van der Waals surface area contributed by atoms with Crippen molar-refractivity contribution >= 4 is 5.91 Å². The lowest BCUT2D eigenvalue weighted by molar-refractivity contribution is -0.359. The number of allylic oxidation sites excluding steroid dienone is 1. The smallest absolute Gasteiger partial charge is 0.220 e. The number of nitrogens with one attached hydrogen (secondary N) is 1. The average Bonchev–Trinajstić information content (AvgIpc) is 1.29. The predicted molar refractivity (Wildman–Crippen MR) is 369 cm³/mol. The molecule has 2 saturated heterocycles. The highest BCUT2D eigenvalue weighted by molar-refractivity contribution is 5.76. The molecule has 0 aliphatic carbocycles. The molecular formula is C76H147NO13. The summed E-state index contributed by atoms with van der Waals surface area (Å²) in [5, 5.41) is 87.6. The molecule has 12 unspecified atom stereocenters. The van der Waals surface area contributed by atoms with E-state index >= 15 is 0 Å². The van der Waals surface area contributed by atoms with Gasteiger partial charge in [-0.25, -0.2) is 0 Å². The lowest BCUT2D eigenvalue weighted by atomic mass is 9.97. The molecule has 0 aromatic heterocycles. The van der Waals surface area contributed by atoms with Crippen molar-refractivity contribution in [2.24, 2.45) is 0 Å². The number of hydrogen-bond donors (Lipinski definition) is 9. The van der Waals surface area contributed by atoms with Gasteiger partial charge in [0.1, 0.15) is 48.8 Å². The number of aliphatic hydroxyl groups is 8. The van der Waals surface area contributed by atoms with E-state index in [2.05, 4.69) is 19.2 Å². The molecule has 12 atom stereocenters. The van der Waals surface area contributed by atoms with Crippen LogP contribution < -0.4 is 5.32 Å². The standard InChI is InChI=1S/C76H147NO13/c1-3-5-7-9-11-13-15-17-19-21-23-25-27-29-30-31-32-33-34-36-37-39-41-43-45-47-49-51-53-55-57-59-65(80)64(63-87-75-73(86)71(84)74(67(62-79)89-75)90-76-72(85)70(83)69(82)66(61-78)88-76)77-68(81)60-58-56-54-52-50-48-46-44-42-40-38-35-28-26-24-22-20-18-16-14-12-10-8-6-4-2/h57,59,64-67,69-76,78-80,82-86H,3-56,58,60-63H2,1-2H3,(H,77,81)/b59-57+. The molecule has 9 N–H and O–H groups in total. The van der Waals surface area contributed by atoms with E-state index in [4.69, 9.17) is 18.9 Å². The zero-order chi connectivity index (χ0) is 65.2. The van der Waals surface area contributed by atoms with Gasteiger partial charge in [-0.3, -0.25) is 4.79 Å². The third-order valence-corrected chi connectivity index (χ3v) is 19.5. The number of aliphatic hydroxyl groups excluding tert-OH is 8. The third kappa shape index (κ3) is 44.5. The van der Waals surface area contributed by atoms with Gasteiger partial charge in [0.25, 0.3) is 0 Å². The molecule has 0 radical (unpaired) electrons. The van der Waals surface area contributed by atoms with Crippen LogP contribution in [0.4, 0.5) is 0 Å². The summed E-state index contributed by atoms with van der Waals surface area (Å²) >= 11 is 0. The maximum Gasteiger partial charge on any atom is 0.220 e. The minimum atomic E-state index is -1.79. The first-order valence-electron chi connectivity index (χ1n) is 38.9. The van der Waals surface area contributed by atoms with Gasteiger partial charge in [0.15, 0.2) is 12.6 Å². The van der Waals surface area contributed by atoms with Gasteiger partial charge in [-0.05, 0) is 19.3 Å². The first-order valence-corrected chi connectivity index (χ1v) is 38.9. The fourth-order valence-corrected chi connectivity index (χ4v) is 13.3. The summed E-state index contributed by atoms with van der Waals surface area (Å²) in [5.74, 6) is -0.229. The van der Waals surface area contributed by atoms with E-state index in [1.54, 1.807) is 6.08 Å². The second-order valence-corrected chi connectivity index (χ2v) is 27.9. The van der Waals surface area contributed by atoms with Crippen LogP contribution >= 0.6 is 0 Å². The summed E-state index contributed by atoms with van der Waals surface area (Å²) in [5.41, 5.74) is 0. The molecule has 2 fully saturated rings.